The quantitative estimate of drug-likeness (QED) is 0.576. The SMILES string of the molecule is [O-][N+]1(C2CCCCC2)CC[N+]([O-])(C2CCCCC2)CC1. The first-order valence-corrected chi connectivity index (χ1v) is 8.78. The van der Waals surface area contributed by atoms with Gasteiger partial charge in [0.2, 0.25) is 0 Å². The van der Waals surface area contributed by atoms with Gasteiger partial charge >= 0.3 is 0 Å². The Kier molecular flexibility index (Phi) is 4.37. The number of rotatable bonds is 2. The Morgan fingerprint density at radius 2 is 0.800 bits per heavy atom. The molecule has 0 radical (unpaired) electrons. The van der Waals surface area contributed by atoms with E-state index in [2.05, 4.69) is 0 Å². The summed E-state index contributed by atoms with van der Waals surface area (Å²) in [6.07, 6.45) is 11.8. The zero-order valence-electron chi connectivity index (χ0n) is 12.8. The summed E-state index contributed by atoms with van der Waals surface area (Å²) in [4.78, 5) is 0. The lowest BCUT2D eigenvalue weighted by Crippen LogP contribution is -2.68. The van der Waals surface area contributed by atoms with E-state index in [-0.39, 0.29) is 9.29 Å². The molecule has 3 fully saturated rings. The largest absolute Gasteiger partial charge is 0.632 e. The summed E-state index contributed by atoms with van der Waals surface area (Å²) >= 11 is 0. The van der Waals surface area contributed by atoms with Gasteiger partial charge in [-0.25, -0.2) is 0 Å². The van der Waals surface area contributed by atoms with Crippen molar-refractivity contribution in [1.82, 2.24) is 0 Å². The average molecular weight is 282 g/mol. The molecule has 3 aliphatic rings. The summed E-state index contributed by atoms with van der Waals surface area (Å²) < 4.78 is -0.0933. The van der Waals surface area contributed by atoms with Gasteiger partial charge in [0, 0.05) is 0 Å². The highest BCUT2D eigenvalue weighted by molar-refractivity contribution is 4.73. The number of piperazine rings is 1. The van der Waals surface area contributed by atoms with E-state index in [4.69, 9.17) is 0 Å². The molecule has 20 heavy (non-hydrogen) atoms. The molecule has 0 bridgehead atoms. The highest BCUT2D eigenvalue weighted by Crippen LogP contribution is 2.34. The Balaban J connectivity index is 1.59. The van der Waals surface area contributed by atoms with Crippen molar-refractivity contribution in [2.24, 2.45) is 0 Å². The maximum atomic E-state index is 13.0. The predicted octanol–water partition coefficient (Wildman–Crippen LogP) is 3.29. The molecule has 3 rings (SSSR count). The van der Waals surface area contributed by atoms with Crippen LogP contribution in [0.3, 0.4) is 0 Å². The molecule has 1 aliphatic heterocycles. The minimum Gasteiger partial charge on any atom is -0.632 e. The van der Waals surface area contributed by atoms with Gasteiger partial charge in [-0.15, -0.1) is 0 Å². The second-order valence-electron chi connectivity index (χ2n) is 7.38. The highest BCUT2D eigenvalue weighted by atomic mass is 16.6. The Bertz CT molecular complexity index is 282. The highest BCUT2D eigenvalue weighted by Gasteiger charge is 2.41. The lowest BCUT2D eigenvalue weighted by molar-refractivity contribution is -1.01. The first kappa shape index (κ1) is 14.8. The van der Waals surface area contributed by atoms with Crippen LogP contribution >= 0.6 is 0 Å². The molecule has 0 aromatic carbocycles. The van der Waals surface area contributed by atoms with Crippen LogP contribution in [-0.4, -0.2) is 47.6 Å². The normalized spacial score (nSPS) is 41.7. The van der Waals surface area contributed by atoms with Crippen molar-refractivity contribution in [2.45, 2.75) is 76.3 Å². The predicted molar refractivity (Wildman–Crippen MR) is 80.5 cm³/mol. The average Bonchev–Trinajstić information content (AvgIpc) is 2.52. The fourth-order valence-electron chi connectivity index (χ4n) is 4.73. The third-order valence-corrected chi connectivity index (χ3v) is 6.19. The van der Waals surface area contributed by atoms with Crippen LogP contribution in [-0.2, 0) is 0 Å². The van der Waals surface area contributed by atoms with Crippen LogP contribution in [0.2, 0.25) is 0 Å². The van der Waals surface area contributed by atoms with E-state index in [1.165, 1.54) is 38.5 Å². The zero-order valence-corrected chi connectivity index (χ0v) is 12.8. The van der Waals surface area contributed by atoms with Gasteiger partial charge in [0.05, 0.1) is 12.1 Å². The van der Waals surface area contributed by atoms with Gasteiger partial charge in [0.1, 0.15) is 26.2 Å². The van der Waals surface area contributed by atoms with E-state index in [0.717, 1.165) is 25.7 Å². The van der Waals surface area contributed by atoms with E-state index in [9.17, 15) is 10.4 Å². The maximum Gasteiger partial charge on any atom is 0.129 e. The lowest BCUT2D eigenvalue weighted by Gasteiger charge is -2.60. The Labute approximate surface area is 123 Å². The molecule has 0 aromatic rings. The van der Waals surface area contributed by atoms with Crippen molar-refractivity contribution >= 4 is 0 Å². The molecule has 116 valence electrons. The van der Waals surface area contributed by atoms with Crippen LogP contribution in [0.1, 0.15) is 64.2 Å². The summed E-state index contributed by atoms with van der Waals surface area (Å²) in [5, 5.41) is 26.1. The molecular weight excluding hydrogens is 252 g/mol. The third kappa shape index (κ3) is 2.89. The van der Waals surface area contributed by atoms with E-state index in [1.807, 2.05) is 0 Å². The monoisotopic (exact) mass is 282 g/mol. The van der Waals surface area contributed by atoms with Gasteiger partial charge < -0.3 is 19.7 Å². The lowest BCUT2D eigenvalue weighted by atomic mass is 9.91. The summed E-state index contributed by atoms with van der Waals surface area (Å²) in [6, 6.07) is 0.590. The third-order valence-electron chi connectivity index (χ3n) is 6.19. The number of hydroxylamine groups is 6. The van der Waals surface area contributed by atoms with Crippen molar-refractivity contribution < 1.29 is 9.29 Å². The zero-order chi connectivity index (χ0) is 14.1. The molecule has 1 heterocycles. The van der Waals surface area contributed by atoms with Gasteiger partial charge in [0.25, 0.3) is 0 Å². The minimum atomic E-state index is -0.0467. The molecule has 2 saturated carbocycles. The molecule has 4 heteroatoms. The number of quaternary nitrogens is 2. The van der Waals surface area contributed by atoms with Crippen LogP contribution in [0.15, 0.2) is 0 Å². The van der Waals surface area contributed by atoms with Gasteiger partial charge in [-0.05, 0) is 51.4 Å². The molecule has 0 amide bonds. The van der Waals surface area contributed by atoms with Crippen LogP contribution in [0.4, 0.5) is 0 Å². The maximum absolute atomic E-state index is 13.0. The second-order valence-corrected chi connectivity index (χ2v) is 7.38. The van der Waals surface area contributed by atoms with Crippen molar-refractivity contribution in [3.63, 3.8) is 0 Å². The topological polar surface area (TPSA) is 46.1 Å². The summed E-state index contributed by atoms with van der Waals surface area (Å²) in [6.45, 7) is 2.30. The number of nitrogens with zero attached hydrogens (tertiary/aromatic N) is 2. The molecule has 0 spiro atoms. The Morgan fingerprint density at radius 3 is 1.10 bits per heavy atom. The van der Waals surface area contributed by atoms with E-state index >= 15 is 0 Å². The van der Waals surface area contributed by atoms with E-state index in [0.29, 0.717) is 38.3 Å². The second kappa shape index (κ2) is 5.91. The first-order valence-electron chi connectivity index (χ1n) is 8.78. The summed E-state index contributed by atoms with van der Waals surface area (Å²) in [5.74, 6) is 0. The fraction of sp³-hybridized carbons (Fsp3) is 1.00. The molecule has 0 N–H and O–H groups in total. The fourth-order valence-corrected chi connectivity index (χ4v) is 4.73. The van der Waals surface area contributed by atoms with E-state index < -0.39 is 0 Å². The van der Waals surface area contributed by atoms with Gasteiger partial charge in [-0.2, -0.15) is 0 Å². The summed E-state index contributed by atoms with van der Waals surface area (Å²) in [5.41, 5.74) is 0. The van der Waals surface area contributed by atoms with Crippen LogP contribution in [0.25, 0.3) is 0 Å². The van der Waals surface area contributed by atoms with Crippen molar-refractivity contribution in [3.05, 3.63) is 10.4 Å². The minimum absolute atomic E-state index is 0.0467. The standard InChI is InChI=1S/C16H30N2O2/c19-17(15-7-3-1-4-8-15)11-13-18(20,14-12-17)16-9-5-2-6-10-16/h15-16H,1-14H2. The van der Waals surface area contributed by atoms with Crippen LogP contribution < -0.4 is 0 Å². The van der Waals surface area contributed by atoms with Gasteiger partial charge in [-0.3, -0.25) is 0 Å². The molecule has 0 aromatic heterocycles. The molecule has 1 saturated heterocycles. The number of hydrogen-bond acceptors (Lipinski definition) is 2. The van der Waals surface area contributed by atoms with Crippen molar-refractivity contribution in [2.75, 3.05) is 26.2 Å². The van der Waals surface area contributed by atoms with Crippen molar-refractivity contribution in [1.29, 1.82) is 0 Å². The van der Waals surface area contributed by atoms with Gasteiger partial charge in [0.15, 0.2) is 0 Å². The Morgan fingerprint density at radius 1 is 0.500 bits per heavy atom. The Hall–Kier alpha value is -0.160. The van der Waals surface area contributed by atoms with Crippen molar-refractivity contribution in [3.8, 4) is 0 Å². The molecule has 0 atom stereocenters. The smallest absolute Gasteiger partial charge is 0.129 e. The molecule has 0 unspecified atom stereocenters. The first-order chi connectivity index (χ1) is 9.62. The van der Waals surface area contributed by atoms with Gasteiger partial charge in [-0.1, -0.05) is 12.8 Å². The molecular formula is C16H30N2O2. The van der Waals surface area contributed by atoms with Crippen LogP contribution in [0.5, 0.6) is 0 Å². The molecule has 2 aliphatic carbocycles. The van der Waals surface area contributed by atoms with Crippen LogP contribution in [0, 0.1) is 10.4 Å². The summed E-state index contributed by atoms with van der Waals surface area (Å²) in [7, 11) is 0. The molecule has 4 nitrogen and oxygen atoms in total. The van der Waals surface area contributed by atoms with E-state index in [1.54, 1.807) is 0 Å². The number of hydrogen-bond donors (Lipinski definition) is 0.